The van der Waals surface area contributed by atoms with Crippen LogP contribution in [0, 0.1) is 0 Å². The molecular formula is C24H21Si. The number of hydrogen-bond donors (Lipinski definition) is 0. The van der Waals surface area contributed by atoms with E-state index in [1.54, 1.807) is 11.1 Å². The van der Waals surface area contributed by atoms with Crippen molar-refractivity contribution < 1.29 is 0 Å². The molecule has 25 heavy (non-hydrogen) atoms. The first-order valence-electron chi connectivity index (χ1n) is 9.05. The van der Waals surface area contributed by atoms with E-state index in [0.717, 1.165) is 0 Å². The lowest BCUT2D eigenvalue weighted by molar-refractivity contribution is 0.997. The summed E-state index contributed by atoms with van der Waals surface area (Å²) in [6, 6.07) is 24.8. The minimum absolute atomic E-state index is 0.393. The fourth-order valence-electron chi connectivity index (χ4n) is 4.68. The highest BCUT2D eigenvalue weighted by molar-refractivity contribution is 6.59. The molecule has 3 aromatic rings. The molecule has 1 radical (unpaired) electrons. The summed E-state index contributed by atoms with van der Waals surface area (Å²) in [5, 5.41) is 0. The first-order valence-corrected chi connectivity index (χ1v) is 11.6. The van der Waals surface area contributed by atoms with E-state index in [1.165, 1.54) is 27.8 Å². The highest BCUT2D eigenvalue weighted by atomic mass is 28.3. The molecule has 2 aliphatic carbocycles. The minimum atomic E-state index is -0.488. The number of fused-ring (bicyclic) bond motifs is 4. The Kier molecular flexibility index (Phi) is 3.32. The van der Waals surface area contributed by atoms with Gasteiger partial charge < -0.3 is 0 Å². The molecule has 5 rings (SSSR count). The van der Waals surface area contributed by atoms with E-state index >= 15 is 0 Å². The smallest absolute Gasteiger partial charge is 0.0556 e. The second kappa shape index (κ2) is 5.57. The Morgan fingerprint density at radius 3 is 2.20 bits per heavy atom. The van der Waals surface area contributed by atoms with Gasteiger partial charge in [-0.1, -0.05) is 92.0 Å². The van der Waals surface area contributed by atoms with Crippen LogP contribution in [-0.4, -0.2) is 8.80 Å². The Morgan fingerprint density at radius 1 is 0.680 bits per heavy atom. The molecule has 2 atom stereocenters. The van der Waals surface area contributed by atoms with Crippen molar-refractivity contribution in [2.75, 3.05) is 0 Å². The van der Waals surface area contributed by atoms with Crippen LogP contribution in [0.2, 0.25) is 13.1 Å². The molecule has 0 heterocycles. The van der Waals surface area contributed by atoms with Crippen molar-refractivity contribution in [3.05, 3.63) is 101 Å². The average Bonchev–Trinajstić information content (AvgIpc) is 3.21. The van der Waals surface area contributed by atoms with Crippen LogP contribution in [0.3, 0.4) is 0 Å². The maximum absolute atomic E-state index is 2.45. The number of rotatable bonds is 2. The Labute approximate surface area is 151 Å². The zero-order valence-corrected chi connectivity index (χ0v) is 15.7. The van der Waals surface area contributed by atoms with Gasteiger partial charge in [-0.3, -0.25) is 0 Å². The predicted molar refractivity (Wildman–Crippen MR) is 109 cm³/mol. The van der Waals surface area contributed by atoms with Crippen molar-refractivity contribution in [3.63, 3.8) is 0 Å². The quantitative estimate of drug-likeness (QED) is 0.485. The van der Waals surface area contributed by atoms with Crippen molar-refractivity contribution in [1.29, 1.82) is 0 Å². The number of hydrogen-bond acceptors (Lipinski definition) is 0. The molecule has 0 aliphatic heterocycles. The molecule has 0 N–H and O–H groups in total. The van der Waals surface area contributed by atoms with Crippen molar-refractivity contribution in [1.82, 2.24) is 0 Å². The van der Waals surface area contributed by atoms with Crippen molar-refractivity contribution in [2.45, 2.75) is 24.6 Å². The van der Waals surface area contributed by atoms with Gasteiger partial charge in [-0.25, -0.2) is 0 Å². The van der Waals surface area contributed by atoms with Gasteiger partial charge in [-0.05, 0) is 38.9 Å². The van der Waals surface area contributed by atoms with Crippen LogP contribution in [0.4, 0.5) is 0 Å². The molecule has 0 saturated carbocycles. The summed E-state index contributed by atoms with van der Waals surface area (Å²) >= 11 is 0. The van der Waals surface area contributed by atoms with Gasteiger partial charge in [0.15, 0.2) is 0 Å². The molecule has 0 bridgehead atoms. The fourth-order valence-corrected chi connectivity index (χ4v) is 6.45. The van der Waals surface area contributed by atoms with Crippen molar-refractivity contribution >= 4 is 14.9 Å². The van der Waals surface area contributed by atoms with Crippen LogP contribution in [0.1, 0.15) is 39.3 Å². The van der Waals surface area contributed by atoms with Crippen LogP contribution < -0.4 is 0 Å². The van der Waals surface area contributed by atoms with E-state index in [0.29, 0.717) is 11.5 Å². The van der Waals surface area contributed by atoms with Gasteiger partial charge in [0, 0.05) is 11.5 Å². The van der Waals surface area contributed by atoms with E-state index in [9.17, 15) is 0 Å². The third kappa shape index (κ3) is 2.12. The molecule has 0 fully saturated rings. The normalized spacial score (nSPS) is 19.8. The fraction of sp³-hybridized carbons (Fsp3) is 0.167. The largest absolute Gasteiger partial charge is 0.0720 e. The molecule has 0 aromatic heterocycles. The highest BCUT2D eigenvalue weighted by Crippen LogP contribution is 2.50. The van der Waals surface area contributed by atoms with E-state index < -0.39 is 8.80 Å². The molecule has 2 unspecified atom stereocenters. The molecule has 1 heteroatoms. The van der Waals surface area contributed by atoms with Gasteiger partial charge in [0.05, 0.1) is 8.80 Å². The molecular weight excluding hydrogens is 316 g/mol. The van der Waals surface area contributed by atoms with E-state index in [4.69, 9.17) is 0 Å². The topological polar surface area (TPSA) is 0 Å². The molecule has 0 nitrogen and oxygen atoms in total. The lowest BCUT2D eigenvalue weighted by atomic mass is 9.87. The third-order valence-corrected chi connectivity index (χ3v) is 7.46. The van der Waals surface area contributed by atoms with Gasteiger partial charge in [0.2, 0.25) is 0 Å². The van der Waals surface area contributed by atoms with E-state index in [-0.39, 0.29) is 0 Å². The van der Waals surface area contributed by atoms with Crippen molar-refractivity contribution in [2.24, 2.45) is 0 Å². The molecule has 0 amide bonds. The highest BCUT2D eigenvalue weighted by Gasteiger charge is 2.35. The molecule has 121 valence electrons. The van der Waals surface area contributed by atoms with Crippen LogP contribution in [-0.2, 0) is 0 Å². The van der Waals surface area contributed by atoms with Gasteiger partial charge in [0.25, 0.3) is 0 Å². The average molecular weight is 338 g/mol. The van der Waals surface area contributed by atoms with Gasteiger partial charge >= 0.3 is 0 Å². The van der Waals surface area contributed by atoms with E-state index in [2.05, 4.69) is 92.0 Å². The van der Waals surface area contributed by atoms with Gasteiger partial charge in [-0.2, -0.15) is 0 Å². The zero-order chi connectivity index (χ0) is 17.0. The summed E-state index contributed by atoms with van der Waals surface area (Å²) in [7, 11) is -0.488. The molecule has 3 aromatic carbocycles. The molecule has 0 spiro atoms. The zero-order valence-electron chi connectivity index (χ0n) is 14.7. The summed E-state index contributed by atoms with van der Waals surface area (Å²) < 4.78 is 0. The van der Waals surface area contributed by atoms with Crippen LogP contribution in [0.5, 0.6) is 0 Å². The number of benzene rings is 3. The second-order valence-corrected chi connectivity index (χ2v) is 10.1. The van der Waals surface area contributed by atoms with Crippen LogP contribution in [0.25, 0.3) is 17.2 Å². The van der Waals surface area contributed by atoms with Crippen LogP contribution in [0.15, 0.2) is 72.8 Å². The Hall–Kier alpha value is -2.38. The lowest BCUT2D eigenvalue weighted by Crippen LogP contribution is -2.17. The van der Waals surface area contributed by atoms with Crippen LogP contribution >= 0.6 is 0 Å². The summed E-state index contributed by atoms with van der Waals surface area (Å²) in [5.74, 6) is 0.393. The molecule has 2 aliphatic rings. The van der Waals surface area contributed by atoms with E-state index in [1.807, 2.05) is 0 Å². The lowest BCUT2D eigenvalue weighted by Gasteiger charge is -2.23. The Morgan fingerprint density at radius 2 is 1.36 bits per heavy atom. The predicted octanol–water partition coefficient (Wildman–Crippen LogP) is 6.25. The van der Waals surface area contributed by atoms with Gasteiger partial charge in [0.1, 0.15) is 0 Å². The monoisotopic (exact) mass is 337 g/mol. The first-order chi connectivity index (χ1) is 12.3. The first kappa shape index (κ1) is 14.9. The maximum Gasteiger partial charge on any atom is 0.0556 e. The summed E-state index contributed by atoms with van der Waals surface area (Å²) in [4.78, 5) is 0. The summed E-state index contributed by atoms with van der Waals surface area (Å²) in [6.45, 7) is 4.91. The number of allylic oxidation sites excluding steroid dienone is 1. The summed E-state index contributed by atoms with van der Waals surface area (Å²) in [5.41, 5.74) is 11.0. The maximum atomic E-state index is 2.45. The minimum Gasteiger partial charge on any atom is -0.0720 e. The standard InChI is InChI=1S/C24H21Si/c1-25(2)24-22-11-6-5-10-18(22)20-12-7-13-21(23(20)24)19-15-14-16-8-3-4-9-17(16)19/h3-15,19,24H,1-2H3. The van der Waals surface area contributed by atoms with Crippen molar-refractivity contribution in [3.8, 4) is 11.1 Å². The third-order valence-electron chi connectivity index (χ3n) is 5.70. The SMILES string of the molecule is C[Si](C)C1c2ccccc2-c2cccc(C3C=Cc4ccccc43)c21. The Balaban J connectivity index is 1.75. The van der Waals surface area contributed by atoms with Gasteiger partial charge in [-0.15, -0.1) is 0 Å². The Bertz CT molecular complexity index is 996. The summed E-state index contributed by atoms with van der Waals surface area (Å²) in [6.07, 6.45) is 4.68. The molecule has 0 saturated heterocycles. The second-order valence-electron chi connectivity index (χ2n) is 7.37.